The second-order valence-electron chi connectivity index (χ2n) is 12.6. The third-order valence-corrected chi connectivity index (χ3v) is 10.3. The number of benzene rings is 3. The molecule has 52 heavy (non-hydrogen) atoms. The quantitative estimate of drug-likeness (QED) is 0.173. The van der Waals surface area contributed by atoms with Gasteiger partial charge in [-0.15, -0.1) is 11.3 Å². The summed E-state index contributed by atoms with van der Waals surface area (Å²) in [6, 6.07) is 11.1. The Morgan fingerprint density at radius 3 is 2.63 bits per heavy atom. The number of urea groups is 1. The van der Waals surface area contributed by atoms with Crippen molar-refractivity contribution in [2.45, 2.75) is 31.8 Å². The van der Waals surface area contributed by atoms with Gasteiger partial charge in [-0.05, 0) is 42.3 Å². The summed E-state index contributed by atoms with van der Waals surface area (Å²) < 4.78 is 54.7. The molecule has 2 atom stereocenters. The molecule has 2 saturated heterocycles. The number of anilines is 1. The van der Waals surface area contributed by atoms with Gasteiger partial charge in [0.15, 0.2) is 22.4 Å². The number of nitrogens with zero attached hydrogens (tertiary/aromatic N) is 5. The summed E-state index contributed by atoms with van der Waals surface area (Å²) in [7, 11) is 1.27. The molecular formula is C37H34ClF3N6O4S. The van der Waals surface area contributed by atoms with Crippen molar-refractivity contribution in [2.75, 3.05) is 44.7 Å². The van der Waals surface area contributed by atoms with Crippen LogP contribution >= 0.6 is 22.9 Å². The molecule has 4 aromatic rings. The molecule has 0 aliphatic carbocycles. The highest BCUT2D eigenvalue weighted by Crippen LogP contribution is 2.38. The van der Waals surface area contributed by atoms with Crippen LogP contribution in [-0.4, -0.2) is 78.5 Å². The molecule has 3 aliphatic heterocycles. The zero-order valence-electron chi connectivity index (χ0n) is 28.2. The van der Waals surface area contributed by atoms with E-state index in [-0.39, 0.29) is 52.9 Å². The van der Waals surface area contributed by atoms with E-state index in [2.05, 4.69) is 15.2 Å². The van der Waals surface area contributed by atoms with E-state index in [9.17, 15) is 22.8 Å². The Bertz CT molecular complexity index is 2080. The number of nitrogens with one attached hydrogen (secondary N) is 1. The average Bonchev–Trinajstić information content (AvgIpc) is 3.77. The largest absolute Gasteiger partial charge is 0.466 e. The molecule has 3 aromatic carbocycles. The predicted molar refractivity (Wildman–Crippen MR) is 192 cm³/mol. The van der Waals surface area contributed by atoms with Crippen LogP contribution in [0.2, 0.25) is 5.02 Å². The number of carbonyl (C=O) groups excluding carboxylic acids is 2. The van der Waals surface area contributed by atoms with Crippen molar-refractivity contribution in [3.8, 4) is 11.5 Å². The molecule has 4 heterocycles. The number of hydrogen-bond donors (Lipinski definition) is 1. The van der Waals surface area contributed by atoms with Gasteiger partial charge in [0.1, 0.15) is 23.4 Å². The van der Waals surface area contributed by atoms with E-state index in [1.807, 2.05) is 6.92 Å². The lowest BCUT2D eigenvalue weighted by Gasteiger charge is -2.38. The average molecular weight is 751 g/mol. The van der Waals surface area contributed by atoms with Crippen molar-refractivity contribution in [1.29, 1.82) is 0 Å². The number of aromatic nitrogens is 1. The van der Waals surface area contributed by atoms with Crippen molar-refractivity contribution in [3.05, 3.63) is 116 Å². The molecule has 270 valence electrons. The summed E-state index contributed by atoms with van der Waals surface area (Å²) in [6.45, 7) is 3.78. The summed E-state index contributed by atoms with van der Waals surface area (Å²) in [5.74, 6) is -1.89. The lowest BCUT2D eigenvalue weighted by atomic mass is 9.95. The number of carbonyl (C=O) groups is 2. The SMILES string of the molecule is CCCc1ccc(Oc2cc(F)cc(N3C[C@@H]4CN(CC5=C(C(=O)OC)[C@H](c6ccc(F)cc6Cl)N=C(c6nccs6)N5)CCN4C3=O)c2)c(F)c1. The molecule has 0 spiro atoms. The minimum atomic E-state index is -0.910. The van der Waals surface area contributed by atoms with Gasteiger partial charge in [0.05, 0.1) is 24.4 Å². The number of amidine groups is 1. The number of hydrogen-bond acceptors (Lipinski definition) is 9. The van der Waals surface area contributed by atoms with Crippen molar-refractivity contribution in [1.82, 2.24) is 20.1 Å². The summed E-state index contributed by atoms with van der Waals surface area (Å²) in [4.78, 5) is 41.5. The molecule has 1 N–H and O–H groups in total. The Labute approximate surface area is 307 Å². The number of ether oxygens (including phenoxy) is 2. The highest BCUT2D eigenvalue weighted by molar-refractivity contribution is 7.11. The van der Waals surface area contributed by atoms with Crippen molar-refractivity contribution in [3.63, 3.8) is 0 Å². The number of aliphatic imine (C=N–C) groups is 1. The van der Waals surface area contributed by atoms with Gasteiger partial charge in [0.2, 0.25) is 0 Å². The molecule has 3 aliphatic rings. The Hall–Kier alpha value is -4.92. The van der Waals surface area contributed by atoms with E-state index in [4.69, 9.17) is 26.1 Å². The zero-order valence-corrected chi connectivity index (χ0v) is 29.8. The van der Waals surface area contributed by atoms with E-state index in [1.54, 1.807) is 22.5 Å². The van der Waals surface area contributed by atoms with Gasteiger partial charge < -0.3 is 19.7 Å². The maximum Gasteiger partial charge on any atom is 0.338 e. The number of aryl methyl sites for hydroxylation is 1. The maximum absolute atomic E-state index is 14.9. The first-order chi connectivity index (χ1) is 25.1. The van der Waals surface area contributed by atoms with Gasteiger partial charge in [-0.3, -0.25) is 14.8 Å². The standard InChI is InChI=1S/C37H34ClF3N6O4S/c1-3-4-21-5-8-31(29(41)13-21)51-26-15-23(40)14-24(17-26)47-19-25-18-45(10-11-46(25)37(47)49)20-30-32(36(48)50-2)33(27-7-6-22(39)16-28(27)38)44-34(43-30)35-42-9-12-52-35/h5-9,12-17,25,33H,3-4,10-11,18-20H2,1-2H3,(H,43,44)/t25-,33-/m0/s1. The molecule has 0 radical (unpaired) electrons. The van der Waals surface area contributed by atoms with E-state index in [1.165, 1.54) is 65.8 Å². The van der Waals surface area contributed by atoms with Crippen molar-refractivity contribution >= 4 is 46.5 Å². The van der Waals surface area contributed by atoms with Gasteiger partial charge >= 0.3 is 12.0 Å². The minimum absolute atomic E-state index is 0.0406. The normalized spacial score (nSPS) is 19.0. The molecule has 0 bridgehead atoms. The molecule has 15 heteroatoms. The van der Waals surface area contributed by atoms with Crippen LogP contribution in [0.1, 0.15) is 35.5 Å². The zero-order chi connectivity index (χ0) is 36.5. The molecule has 10 nitrogen and oxygen atoms in total. The Kier molecular flexibility index (Phi) is 10.2. The molecule has 2 fully saturated rings. The van der Waals surface area contributed by atoms with Crippen LogP contribution in [-0.2, 0) is 16.0 Å². The summed E-state index contributed by atoms with van der Waals surface area (Å²) in [5.41, 5.74) is 2.27. The second-order valence-corrected chi connectivity index (χ2v) is 13.9. The van der Waals surface area contributed by atoms with Crippen LogP contribution in [0.5, 0.6) is 11.5 Å². The monoisotopic (exact) mass is 750 g/mol. The number of methoxy groups -OCH3 is 1. The number of fused-ring (bicyclic) bond motifs is 1. The van der Waals surface area contributed by atoms with Crippen molar-refractivity contribution in [2.24, 2.45) is 4.99 Å². The predicted octanol–water partition coefficient (Wildman–Crippen LogP) is 7.10. The van der Waals surface area contributed by atoms with Crippen LogP contribution in [0, 0.1) is 17.5 Å². The highest BCUT2D eigenvalue weighted by atomic mass is 35.5. The van der Waals surface area contributed by atoms with E-state index >= 15 is 0 Å². The number of thiazole rings is 1. The molecule has 2 amide bonds. The van der Waals surface area contributed by atoms with Gasteiger partial charge in [-0.1, -0.05) is 37.1 Å². The van der Waals surface area contributed by atoms with Crippen molar-refractivity contribution < 1.29 is 32.2 Å². The fraction of sp³-hybridized carbons (Fsp3) is 0.297. The molecule has 1 aromatic heterocycles. The van der Waals surface area contributed by atoms with Gasteiger partial charge in [0.25, 0.3) is 0 Å². The van der Waals surface area contributed by atoms with E-state index in [0.717, 1.165) is 24.5 Å². The summed E-state index contributed by atoms with van der Waals surface area (Å²) >= 11 is 7.85. The number of halogens is 4. The third kappa shape index (κ3) is 7.23. The number of esters is 1. The summed E-state index contributed by atoms with van der Waals surface area (Å²) in [5, 5.41) is 5.79. The van der Waals surface area contributed by atoms with Gasteiger partial charge in [-0.25, -0.2) is 27.7 Å². The smallest absolute Gasteiger partial charge is 0.338 e. The first-order valence-corrected chi connectivity index (χ1v) is 18.0. The van der Waals surface area contributed by atoms with Crippen LogP contribution in [0.3, 0.4) is 0 Å². The Morgan fingerprint density at radius 2 is 1.90 bits per heavy atom. The second kappa shape index (κ2) is 15.0. The lowest BCUT2D eigenvalue weighted by Crippen LogP contribution is -2.53. The summed E-state index contributed by atoms with van der Waals surface area (Å²) in [6.07, 6.45) is 3.23. The Balaban J connectivity index is 1.12. The van der Waals surface area contributed by atoms with Crippen LogP contribution in [0.25, 0.3) is 0 Å². The fourth-order valence-electron chi connectivity index (χ4n) is 6.78. The van der Waals surface area contributed by atoms with Gasteiger partial charge in [-0.2, -0.15) is 0 Å². The number of rotatable bonds is 10. The molecule has 7 rings (SSSR count). The topological polar surface area (TPSA) is 99.6 Å². The fourth-order valence-corrected chi connectivity index (χ4v) is 7.64. The number of piperazine rings is 1. The highest BCUT2D eigenvalue weighted by Gasteiger charge is 2.42. The maximum atomic E-state index is 14.9. The minimum Gasteiger partial charge on any atom is -0.466 e. The van der Waals surface area contributed by atoms with Crippen LogP contribution < -0.4 is 15.0 Å². The van der Waals surface area contributed by atoms with Crippen LogP contribution in [0.4, 0.5) is 23.7 Å². The van der Waals surface area contributed by atoms with Gasteiger partial charge in [0, 0.05) is 72.7 Å². The molecular weight excluding hydrogens is 717 g/mol. The first kappa shape index (κ1) is 35.5. The van der Waals surface area contributed by atoms with E-state index < -0.39 is 29.5 Å². The lowest BCUT2D eigenvalue weighted by molar-refractivity contribution is -0.136. The van der Waals surface area contributed by atoms with Crippen LogP contribution in [0.15, 0.2) is 82.4 Å². The molecule has 0 saturated carbocycles. The van der Waals surface area contributed by atoms with E-state index in [0.29, 0.717) is 41.7 Å². The first-order valence-electron chi connectivity index (χ1n) is 16.7. The molecule has 0 unspecified atom stereocenters. The Morgan fingerprint density at radius 1 is 1.06 bits per heavy atom. The third-order valence-electron chi connectivity index (χ3n) is 9.17. The number of amides is 2.